The minimum Gasteiger partial charge on any atom is -0.399 e. The van der Waals surface area contributed by atoms with Gasteiger partial charge in [0, 0.05) is 17.9 Å². The highest BCUT2D eigenvalue weighted by molar-refractivity contribution is 5.94. The Hall–Kier alpha value is -1.76. The van der Waals surface area contributed by atoms with Gasteiger partial charge in [0.25, 0.3) is 0 Å². The van der Waals surface area contributed by atoms with Crippen molar-refractivity contribution in [2.24, 2.45) is 0 Å². The Morgan fingerprint density at radius 1 is 1.38 bits per heavy atom. The molecule has 2 N–H and O–H groups in total. The number of carbonyl (C=O) groups is 1. The number of fused-ring (bicyclic) bond motifs is 1. The lowest BCUT2D eigenvalue weighted by Crippen LogP contribution is -2.36. The number of anilines is 2. The van der Waals surface area contributed by atoms with Crippen LogP contribution in [0.1, 0.15) is 18.4 Å². The van der Waals surface area contributed by atoms with Crippen molar-refractivity contribution in [1.82, 2.24) is 0 Å². The SMILES string of the molecule is Nc1ccc2c(c1)CCCN2C(=O)CCOCC(F)(F)F. The molecule has 21 heavy (non-hydrogen) atoms. The van der Waals surface area contributed by atoms with Gasteiger partial charge in [-0.15, -0.1) is 0 Å². The lowest BCUT2D eigenvalue weighted by molar-refractivity contribution is -0.174. The van der Waals surface area contributed by atoms with Crippen LogP contribution in [0, 0.1) is 0 Å². The third-order valence-corrected chi connectivity index (χ3v) is 3.25. The van der Waals surface area contributed by atoms with E-state index in [1.807, 2.05) is 6.07 Å². The van der Waals surface area contributed by atoms with E-state index >= 15 is 0 Å². The molecule has 0 fully saturated rings. The summed E-state index contributed by atoms with van der Waals surface area (Å²) in [6, 6.07) is 5.32. The number of alkyl halides is 3. The molecule has 116 valence electrons. The molecule has 0 atom stereocenters. The molecule has 0 aliphatic carbocycles. The molecule has 0 bridgehead atoms. The van der Waals surface area contributed by atoms with E-state index in [0.717, 1.165) is 24.1 Å². The van der Waals surface area contributed by atoms with Gasteiger partial charge in [-0.3, -0.25) is 4.79 Å². The molecule has 1 aliphatic rings. The van der Waals surface area contributed by atoms with Crippen LogP contribution in [0.15, 0.2) is 18.2 Å². The van der Waals surface area contributed by atoms with E-state index < -0.39 is 12.8 Å². The predicted octanol–water partition coefficient (Wildman–Crippen LogP) is 2.52. The molecule has 1 heterocycles. The van der Waals surface area contributed by atoms with Crippen LogP contribution in [0.4, 0.5) is 24.5 Å². The van der Waals surface area contributed by atoms with Gasteiger partial charge in [0.2, 0.25) is 5.91 Å². The zero-order valence-corrected chi connectivity index (χ0v) is 11.4. The van der Waals surface area contributed by atoms with Crippen molar-refractivity contribution in [2.45, 2.75) is 25.4 Å². The van der Waals surface area contributed by atoms with Gasteiger partial charge in [-0.1, -0.05) is 0 Å². The van der Waals surface area contributed by atoms with Crippen LogP contribution in [0.25, 0.3) is 0 Å². The summed E-state index contributed by atoms with van der Waals surface area (Å²) in [5.41, 5.74) is 8.13. The number of rotatable bonds is 4. The van der Waals surface area contributed by atoms with E-state index in [2.05, 4.69) is 4.74 Å². The Kier molecular flexibility index (Phi) is 4.72. The van der Waals surface area contributed by atoms with Crippen molar-refractivity contribution in [3.05, 3.63) is 23.8 Å². The third kappa shape index (κ3) is 4.35. The Balaban J connectivity index is 1.92. The van der Waals surface area contributed by atoms with Crippen LogP contribution in [0.2, 0.25) is 0 Å². The molecular formula is C14H17F3N2O2. The van der Waals surface area contributed by atoms with Crippen LogP contribution in [0.3, 0.4) is 0 Å². The fourth-order valence-corrected chi connectivity index (χ4v) is 2.36. The summed E-state index contributed by atoms with van der Waals surface area (Å²) in [7, 11) is 0. The molecule has 0 saturated heterocycles. The average Bonchev–Trinajstić information content (AvgIpc) is 2.41. The van der Waals surface area contributed by atoms with Gasteiger partial charge in [0.15, 0.2) is 0 Å². The lowest BCUT2D eigenvalue weighted by Gasteiger charge is -2.29. The number of hydrogen-bond acceptors (Lipinski definition) is 3. The van der Waals surface area contributed by atoms with Crippen molar-refractivity contribution in [1.29, 1.82) is 0 Å². The summed E-state index contributed by atoms with van der Waals surface area (Å²) in [4.78, 5) is 13.7. The molecule has 1 amide bonds. The van der Waals surface area contributed by atoms with E-state index in [1.165, 1.54) is 0 Å². The van der Waals surface area contributed by atoms with E-state index in [9.17, 15) is 18.0 Å². The number of hydrogen-bond donors (Lipinski definition) is 1. The zero-order valence-electron chi connectivity index (χ0n) is 11.4. The summed E-state index contributed by atoms with van der Waals surface area (Å²) in [5.74, 6) is -0.233. The molecule has 4 nitrogen and oxygen atoms in total. The van der Waals surface area contributed by atoms with Crippen LogP contribution >= 0.6 is 0 Å². The lowest BCUT2D eigenvalue weighted by atomic mass is 10.0. The highest BCUT2D eigenvalue weighted by Gasteiger charge is 2.28. The number of nitrogens with two attached hydrogens (primary N) is 1. The topological polar surface area (TPSA) is 55.6 Å². The van der Waals surface area contributed by atoms with Crippen LogP contribution in [0.5, 0.6) is 0 Å². The van der Waals surface area contributed by atoms with Gasteiger partial charge in [0.05, 0.1) is 13.0 Å². The minimum atomic E-state index is -4.36. The van der Waals surface area contributed by atoms with Crippen molar-refractivity contribution in [3.8, 4) is 0 Å². The predicted molar refractivity (Wildman–Crippen MR) is 73.0 cm³/mol. The van der Waals surface area contributed by atoms with Crippen LogP contribution in [-0.4, -0.2) is 31.8 Å². The monoisotopic (exact) mass is 302 g/mol. The van der Waals surface area contributed by atoms with Crippen molar-refractivity contribution < 1.29 is 22.7 Å². The maximum Gasteiger partial charge on any atom is 0.411 e. The molecule has 2 rings (SSSR count). The number of amides is 1. The first-order chi connectivity index (χ1) is 9.87. The Morgan fingerprint density at radius 2 is 2.14 bits per heavy atom. The van der Waals surface area contributed by atoms with Gasteiger partial charge in [-0.2, -0.15) is 13.2 Å². The zero-order chi connectivity index (χ0) is 15.5. The van der Waals surface area contributed by atoms with Gasteiger partial charge in [0.1, 0.15) is 6.61 Å². The van der Waals surface area contributed by atoms with Crippen molar-refractivity contribution >= 4 is 17.3 Å². The number of benzene rings is 1. The van der Waals surface area contributed by atoms with Gasteiger partial charge in [-0.05, 0) is 36.6 Å². The fraction of sp³-hybridized carbons (Fsp3) is 0.500. The number of aryl methyl sites for hydroxylation is 1. The number of carbonyl (C=O) groups excluding carboxylic acids is 1. The molecule has 1 aliphatic heterocycles. The van der Waals surface area contributed by atoms with Gasteiger partial charge in [-0.25, -0.2) is 0 Å². The summed E-state index contributed by atoms with van der Waals surface area (Å²) in [6.07, 6.45) is -2.78. The molecule has 0 spiro atoms. The summed E-state index contributed by atoms with van der Waals surface area (Å²) >= 11 is 0. The largest absolute Gasteiger partial charge is 0.411 e. The fourth-order valence-electron chi connectivity index (χ4n) is 2.36. The van der Waals surface area contributed by atoms with Crippen molar-refractivity contribution in [2.75, 3.05) is 30.4 Å². The van der Waals surface area contributed by atoms with Gasteiger partial charge < -0.3 is 15.4 Å². The number of ether oxygens (including phenoxy) is 1. The molecule has 0 radical (unpaired) electrons. The minimum absolute atomic E-state index is 0.0695. The van der Waals surface area contributed by atoms with E-state index in [-0.39, 0.29) is 18.9 Å². The standard InChI is InChI=1S/C14H17F3N2O2/c15-14(16,17)9-21-7-5-13(20)19-6-1-2-10-8-11(18)3-4-12(10)19/h3-4,8H,1-2,5-7,9,18H2. The molecule has 0 unspecified atom stereocenters. The molecule has 7 heteroatoms. The summed E-state index contributed by atoms with van der Waals surface area (Å²) in [6.45, 7) is -0.998. The van der Waals surface area contributed by atoms with E-state index in [1.54, 1.807) is 17.0 Å². The van der Waals surface area contributed by atoms with E-state index in [0.29, 0.717) is 12.2 Å². The Bertz CT molecular complexity index is 517. The van der Waals surface area contributed by atoms with Crippen molar-refractivity contribution in [3.63, 3.8) is 0 Å². The first kappa shape index (κ1) is 15.6. The summed E-state index contributed by atoms with van der Waals surface area (Å²) in [5, 5.41) is 0. The molecule has 1 aromatic rings. The number of halogens is 3. The third-order valence-electron chi connectivity index (χ3n) is 3.25. The molecular weight excluding hydrogens is 285 g/mol. The molecule has 1 aromatic carbocycles. The number of nitrogen functional groups attached to an aromatic ring is 1. The Labute approximate surface area is 120 Å². The van der Waals surface area contributed by atoms with Crippen LogP contribution in [-0.2, 0) is 16.0 Å². The smallest absolute Gasteiger partial charge is 0.399 e. The highest BCUT2D eigenvalue weighted by atomic mass is 19.4. The molecule has 0 aromatic heterocycles. The highest BCUT2D eigenvalue weighted by Crippen LogP contribution is 2.29. The second-order valence-corrected chi connectivity index (χ2v) is 4.95. The van der Waals surface area contributed by atoms with E-state index in [4.69, 9.17) is 5.73 Å². The number of nitrogens with zero attached hydrogens (tertiary/aromatic N) is 1. The molecule has 0 saturated carbocycles. The average molecular weight is 302 g/mol. The second kappa shape index (κ2) is 6.34. The Morgan fingerprint density at radius 3 is 2.86 bits per heavy atom. The maximum absolute atomic E-state index is 12.1. The normalized spacial score (nSPS) is 14.9. The maximum atomic E-state index is 12.1. The summed E-state index contributed by atoms with van der Waals surface area (Å²) < 4.78 is 40.3. The van der Waals surface area contributed by atoms with Crippen LogP contribution < -0.4 is 10.6 Å². The quantitative estimate of drug-likeness (QED) is 0.687. The first-order valence-corrected chi connectivity index (χ1v) is 6.70. The van der Waals surface area contributed by atoms with Gasteiger partial charge >= 0.3 is 6.18 Å². The first-order valence-electron chi connectivity index (χ1n) is 6.70. The second-order valence-electron chi connectivity index (χ2n) is 4.95.